The van der Waals surface area contributed by atoms with Gasteiger partial charge in [0.1, 0.15) is 18.1 Å². The Kier molecular flexibility index (Phi) is 3.84. The molecule has 0 bridgehead atoms. The van der Waals surface area contributed by atoms with E-state index in [0.717, 1.165) is 5.56 Å². The van der Waals surface area contributed by atoms with Gasteiger partial charge in [-0.3, -0.25) is 0 Å². The molecular formula is C13H8F3N3O. The van der Waals surface area contributed by atoms with Gasteiger partial charge in [-0.1, -0.05) is 12.1 Å². The fourth-order valence-corrected chi connectivity index (χ4v) is 1.59. The summed E-state index contributed by atoms with van der Waals surface area (Å²) in [4.78, 5) is 7.72. The van der Waals surface area contributed by atoms with E-state index in [1.54, 1.807) is 0 Å². The zero-order valence-corrected chi connectivity index (χ0v) is 10.1. The maximum Gasteiger partial charge on any atom is 0.573 e. The molecule has 0 aliphatic heterocycles. The first-order chi connectivity index (χ1) is 9.48. The SMILES string of the molecule is N#Cc1cncnc1Cc1ccc(OC(F)(F)F)cc1. The Morgan fingerprint density at radius 3 is 2.50 bits per heavy atom. The van der Waals surface area contributed by atoms with Gasteiger partial charge in [0.05, 0.1) is 11.3 Å². The second-order valence-corrected chi connectivity index (χ2v) is 3.86. The van der Waals surface area contributed by atoms with Crippen molar-refractivity contribution in [3.63, 3.8) is 0 Å². The van der Waals surface area contributed by atoms with Crippen LogP contribution in [0.15, 0.2) is 36.8 Å². The van der Waals surface area contributed by atoms with Gasteiger partial charge >= 0.3 is 6.36 Å². The van der Waals surface area contributed by atoms with Crippen molar-refractivity contribution in [2.75, 3.05) is 0 Å². The van der Waals surface area contributed by atoms with Crippen molar-refractivity contribution in [1.29, 1.82) is 5.26 Å². The molecule has 1 aromatic heterocycles. The lowest BCUT2D eigenvalue weighted by Crippen LogP contribution is -2.17. The van der Waals surface area contributed by atoms with Crippen LogP contribution < -0.4 is 4.74 Å². The minimum Gasteiger partial charge on any atom is -0.406 e. The molecule has 1 heterocycles. The molecule has 2 aromatic rings. The van der Waals surface area contributed by atoms with E-state index in [9.17, 15) is 13.2 Å². The number of ether oxygens (including phenoxy) is 1. The molecule has 0 N–H and O–H groups in total. The van der Waals surface area contributed by atoms with Crippen molar-refractivity contribution in [3.05, 3.63) is 53.6 Å². The lowest BCUT2D eigenvalue weighted by Gasteiger charge is -2.09. The molecule has 102 valence electrons. The summed E-state index contributed by atoms with van der Waals surface area (Å²) in [5.41, 5.74) is 1.57. The standard InChI is InChI=1S/C13H8F3N3O/c14-13(15,16)20-11-3-1-9(2-4-11)5-12-10(6-17)7-18-8-19-12/h1-4,7-8H,5H2. The summed E-state index contributed by atoms with van der Waals surface area (Å²) in [7, 11) is 0. The van der Waals surface area contributed by atoms with Gasteiger partial charge in [0.25, 0.3) is 0 Å². The van der Waals surface area contributed by atoms with Crippen molar-refractivity contribution >= 4 is 0 Å². The summed E-state index contributed by atoms with van der Waals surface area (Å²) in [5, 5.41) is 8.89. The van der Waals surface area contributed by atoms with Crippen LogP contribution in [0.5, 0.6) is 5.75 Å². The number of alkyl halides is 3. The number of hydrogen-bond acceptors (Lipinski definition) is 4. The molecule has 2 rings (SSSR count). The van der Waals surface area contributed by atoms with Crippen LogP contribution in [0.1, 0.15) is 16.8 Å². The van der Waals surface area contributed by atoms with Crippen LogP contribution >= 0.6 is 0 Å². The van der Waals surface area contributed by atoms with Crippen LogP contribution in [-0.4, -0.2) is 16.3 Å². The number of hydrogen-bond donors (Lipinski definition) is 0. The van der Waals surface area contributed by atoms with Gasteiger partial charge in [-0.2, -0.15) is 5.26 Å². The van der Waals surface area contributed by atoms with E-state index in [1.165, 1.54) is 36.8 Å². The van der Waals surface area contributed by atoms with E-state index in [2.05, 4.69) is 14.7 Å². The van der Waals surface area contributed by atoms with E-state index < -0.39 is 6.36 Å². The number of benzene rings is 1. The van der Waals surface area contributed by atoms with E-state index >= 15 is 0 Å². The minimum atomic E-state index is -4.71. The van der Waals surface area contributed by atoms with E-state index in [1.807, 2.05) is 6.07 Å². The van der Waals surface area contributed by atoms with Gasteiger partial charge in [0.15, 0.2) is 0 Å². The Morgan fingerprint density at radius 2 is 1.90 bits per heavy atom. The quantitative estimate of drug-likeness (QED) is 0.866. The van der Waals surface area contributed by atoms with Crippen LogP contribution in [0, 0.1) is 11.3 Å². The molecule has 0 saturated heterocycles. The Hall–Kier alpha value is -2.62. The Bertz CT molecular complexity index is 633. The smallest absolute Gasteiger partial charge is 0.406 e. The predicted molar refractivity (Wildman–Crippen MR) is 62.7 cm³/mol. The largest absolute Gasteiger partial charge is 0.573 e. The van der Waals surface area contributed by atoms with Crippen molar-refractivity contribution < 1.29 is 17.9 Å². The number of nitrogens with zero attached hydrogens (tertiary/aromatic N) is 3. The van der Waals surface area contributed by atoms with Crippen molar-refractivity contribution in [3.8, 4) is 11.8 Å². The first-order valence-electron chi connectivity index (χ1n) is 5.51. The molecule has 1 aromatic carbocycles. The van der Waals surface area contributed by atoms with Gasteiger partial charge in [0, 0.05) is 12.6 Å². The Morgan fingerprint density at radius 1 is 1.20 bits per heavy atom. The summed E-state index contributed by atoms with van der Waals surface area (Å²) >= 11 is 0. The molecule has 0 aliphatic rings. The molecule has 0 spiro atoms. The minimum absolute atomic E-state index is 0.288. The van der Waals surface area contributed by atoms with E-state index in [4.69, 9.17) is 5.26 Å². The highest BCUT2D eigenvalue weighted by Crippen LogP contribution is 2.23. The fraction of sp³-hybridized carbons (Fsp3) is 0.154. The number of nitriles is 1. The molecule has 0 amide bonds. The molecule has 20 heavy (non-hydrogen) atoms. The Balaban J connectivity index is 2.13. The monoisotopic (exact) mass is 279 g/mol. The predicted octanol–water partition coefficient (Wildman–Crippen LogP) is 2.84. The first kappa shape index (κ1) is 13.8. The molecule has 7 heteroatoms. The third-order valence-corrected chi connectivity index (χ3v) is 2.44. The van der Waals surface area contributed by atoms with Gasteiger partial charge in [-0.25, -0.2) is 9.97 Å². The molecule has 0 saturated carbocycles. The zero-order chi connectivity index (χ0) is 14.6. The summed E-state index contributed by atoms with van der Waals surface area (Å²) in [6.07, 6.45) is -1.67. The fourth-order valence-electron chi connectivity index (χ4n) is 1.59. The topological polar surface area (TPSA) is 58.8 Å². The summed E-state index contributed by atoms with van der Waals surface area (Å²) in [6.45, 7) is 0. The number of aromatic nitrogens is 2. The molecule has 0 atom stereocenters. The lowest BCUT2D eigenvalue weighted by atomic mass is 10.1. The summed E-state index contributed by atoms with van der Waals surface area (Å²) < 4.78 is 39.8. The van der Waals surface area contributed by atoms with Crippen LogP contribution in [0.2, 0.25) is 0 Å². The highest BCUT2D eigenvalue weighted by molar-refractivity contribution is 5.35. The van der Waals surface area contributed by atoms with Crippen LogP contribution in [0.4, 0.5) is 13.2 Å². The van der Waals surface area contributed by atoms with Gasteiger partial charge in [-0.05, 0) is 17.7 Å². The normalized spacial score (nSPS) is 10.9. The average molecular weight is 279 g/mol. The second-order valence-electron chi connectivity index (χ2n) is 3.86. The van der Waals surface area contributed by atoms with Gasteiger partial charge in [-0.15, -0.1) is 13.2 Å². The van der Waals surface area contributed by atoms with Gasteiger partial charge < -0.3 is 4.74 Å². The molecule has 0 aliphatic carbocycles. The van der Waals surface area contributed by atoms with Crippen molar-refractivity contribution in [2.45, 2.75) is 12.8 Å². The van der Waals surface area contributed by atoms with Crippen LogP contribution in [-0.2, 0) is 6.42 Å². The molecule has 4 nitrogen and oxygen atoms in total. The maximum atomic E-state index is 12.0. The second kappa shape index (κ2) is 5.57. The van der Waals surface area contributed by atoms with E-state index in [-0.39, 0.29) is 5.75 Å². The lowest BCUT2D eigenvalue weighted by molar-refractivity contribution is -0.274. The molecule has 0 unspecified atom stereocenters. The average Bonchev–Trinajstić information content (AvgIpc) is 2.40. The van der Waals surface area contributed by atoms with Crippen LogP contribution in [0.3, 0.4) is 0 Å². The molecule has 0 radical (unpaired) electrons. The first-order valence-corrected chi connectivity index (χ1v) is 5.51. The van der Waals surface area contributed by atoms with E-state index in [0.29, 0.717) is 17.7 Å². The number of rotatable bonds is 3. The molecular weight excluding hydrogens is 271 g/mol. The zero-order valence-electron chi connectivity index (χ0n) is 10.1. The highest BCUT2D eigenvalue weighted by Gasteiger charge is 2.30. The van der Waals surface area contributed by atoms with Gasteiger partial charge in [0.2, 0.25) is 0 Å². The Labute approximate surface area is 112 Å². The maximum absolute atomic E-state index is 12.0. The third kappa shape index (κ3) is 3.68. The number of halogens is 3. The van der Waals surface area contributed by atoms with Crippen molar-refractivity contribution in [1.82, 2.24) is 9.97 Å². The highest BCUT2D eigenvalue weighted by atomic mass is 19.4. The van der Waals surface area contributed by atoms with Crippen molar-refractivity contribution in [2.24, 2.45) is 0 Å². The molecule has 0 fully saturated rings. The summed E-state index contributed by atoms with van der Waals surface area (Å²) in [5.74, 6) is -0.288. The summed E-state index contributed by atoms with van der Waals surface area (Å²) in [6, 6.07) is 7.38. The third-order valence-electron chi connectivity index (χ3n) is 2.44. The van der Waals surface area contributed by atoms with Crippen LogP contribution in [0.25, 0.3) is 0 Å².